The number of nitrogens with zero attached hydrogens (tertiary/aromatic N) is 2. The quantitative estimate of drug-likeness (QED) is 0.876. The molecule has 1 saturated heterocycles. The van der Waals surface area contributed by atoms with E-state index in [1.54, 1.807) is 37.3 Å². The fraction of sp³-hybridized carbons (Fsp3) is 0.350. The van der Waals surface area contributed by atoms with Crippen LogP contribution in [0, 0.1) is 5.82 Å². The van der Waals surface area contributed by atoms with Crippen LogP contribution in [-0.2, 0) is 6.54 Å². The van der Waals surface area contributed by atoms with Crippen molar-refractivity contribution < 1.29 is 18.7 Å². The minimum atomic E-state index is -0.234. The SMILES string of the molecule is COc1ccc(CNC(=O)N2CCN(c3ccccc3F)CC2)c(OC)c1. The van der Waals surface area contributed by atoms with Gasteiger partial charge in [0, 0.05) is 44.4 Å². The number of nitrogens with one attached hydrogen (secondary N) is 1. The molecule has 0 aromatic heterocycles. The first-order valence-electron chi connectivity index (χ1n) is 8.85. The maximum atomic E-state index is 13.9. The Morgan fingerprint density at radius 2 is 1.81 bits per heavy atom. The van der Waals surface area contributed by atoms with Crippen LogP contribution < -0.4 is 19.7 Å². The van der Waals surface area contributed by atoms with Gasteiger partial charge in [0.15, 0.2) is 0 Å². The lowest BCUT2D eigenvalue weighted by molar-refractivity contribution is 0.193. The molecule has 2 aromatic carbocycles. The summed E-state index contributed by atoms with van der Waals surface area (Å²) in [5, 5.41) is 2.92. The van der Waals surface area contributed by atoms with E-state index in [0.717, 1.165) is 5.56 Å². The van der Waals surface area contributed by atoms with Crippen molar-refractivity contribution in [1.82, 2.24) is 10.2 Å². The summed E-state index contributed by atoms with van der Waals surface area (Å²) in [6.45, 7) is 2.64. The maximum Gasteiger partial charge on any atom is 0.317 e. The summed E-state index contributed by atoms with van der Waals surface area (Å²) in [5.74, 6) is 1.13. The molecule has 0 saturated carbocycles. The molecular formula is C20H24FN3O3. The van der Waals surface area contributed by atoms with Gasteiger partial charge in [-0.15, -0.1) is 0 Å². The lowest BCUT2D eigenvalue weighted by Gasteiger charge is -2.36. The highest BCUT2D eigenvalue weighted by atomic mass is 19.1. The number of rotatable bonds is 5. The Balaban J connectivity index is 1.54. The number of halogens is 1. The van der Waals surface area contributed by atoms with Gasteiger partial charge in [0.2, 0.25) is 0 Å². The molecule has 7 heteroatoms. The maximum absolute atomic E-state index is 13.9. The second kappa shape index (κ2) is 8.62. The minimum Gasteiger partial charge on any atom is -0.497 e. The van der Waals surface area contributed by atoms with Crippen molar-refractivity contribution in [2.75, 3.05) is 45.3 Å². The molecule has 6 nitrogen and oxygen atoms in total. The third kappa shape index (κ3) is 4.42. The third-order valence-corrected chi connectivity index (χ3v) is 4.68. The van der Waals surface area contributed by atoms with Crippen molar-refractivity contribution in [1.29, 1.82) is 0 Å². The van der Waals surface area contributed by atoms with E-state index < -0.39 is 0 Å². The second-order valence-electron chi connectivity index (χ2n) is 6.26. The molecule has 1 fully saturated rings. The van der Waals surface area contributed by atoms with Gasteiger partial charge < -0.3 is 24.6 Å². The molecule has 1 aliphatic heterocycles. The van der Waals surface area contributed by atoms with Gasteiger partial charge in [-0.1, -0.05) is 12.1 Å². The van der Waals surface area contributed by atoms with Gasteiger partial charge in [-0.2, -0.15) is 0 Å². The zero-order valence-corrected chi connectivity index (χ0v) is 15.6. The number of carbonyl (C=O) groups excluding carboxylic acids is 1. The zero-order valence-electron chi connectivity index (χ0n) is 15.6. The van der Waals surface area contributed by atoms with E-state index in [-0.39, 0.29) is 11.8 Å². The van der Waals surface area contributed by atoms with Gasteiger partial charge in [-0.25, -0.2) is 9.18 Å². The Hall–Kier alpha value is -2.96. The Labute approximate surface area is 158 Å². The van der Waals surface area contributed by atoms with Gasteiger partial charge in [0.25, 0.3) is 0 Å². The Bertz CT molecular complexity index is 792. The van der Waals surface area contributed by atoms with Crippen LogP contribution >= 0.6 is 0 Å². The van der Waals surface area contributed by atoms with E-state index in [0.29, 0.717) is 49.9 Å². The van der Waals surface area contributed by atoms with Crippen LogP contribution in [0.5, 0.6) is 11.5 Å². The molecule has 0 atom stereocenters. The van der Waals surface area contributed by atoms with Crippen LogP contribution in [0.4, 0.5) is 14.9 Å². The number of ether oxygens (including phenoxy) is 2. The van der Waals surface area contributed by atoms with Gasteiger partial charge in [0.1, 0.15) is 17.3 Å². The summed E-state index contributed by atoms with van der Waals surface area (Å²) in [4.78, 5) is 16.2. The second-order valence-corrected chi connectivity index (χ2v) is 6.26. The first-order valence-corrected chi connectivity index (χ1v) is 8.85. The van der Waals surface area contributed by atoms with Crippen molar-refractivity contribution in [2.24, 2.45) is 0 Å². The van der Waals surface area contributed by atoms with E-state index in [1.165, 1.54) is 6.07 Å². The smallest absolute Gasteiger partial charge is 0.317 e. The molecule has 0 unspecified atom stereocenters. The molecule has 0 aliphatic carbocycles. The largest absolute Gasteiger partial charge is 0.497 e. The van der Waals surface area contributed by atoms with Gasteiger partial charge in [0.05, 0.1) is 19.9 Å². The minimum absolute atomic E-state index is 0.138. The van der Waals surface area contributed by atoms with Crippen molar-refractivity contribution in [3.63, 3.8) is 0 Å². The molecule has 0 spiro atoms. The van der Waals surface area contributed by atoms with E-state index in [4.69, 9.17) is 9.47 Å². The molecule has 1 N–H and O–H groups in total. The van der Waals surface area contributed by atoms with Gasteiger partial charge in [-0.05, 0) is 24.3 Å². The molecule has 1 aliphatic rings. The van der Waals surface area contributed by atoms with E-state index in [2.05, 4.69) is 5.32 Å². The summed E-state index contributed by atoms with van der Waals surface area (Å²) in [6, 6.07) is 12.1. The number of anilines is 1. The molecule has 3 rings (SSSR count). The predicted molar refractivity (Wildman–Crippen MR) is 102 cm³/mol. The number of para-hydroxylation sites is 1. The number of hydrogen-bond acceptors (Lipinski definition) is 4. The highest BCUT2D eigenvalue weighted by Gasteiger charge is 2.22. The number of piperazine rings is 1. The number of benzene rings is 2. The topological polar surface area (TPSA) is 54.0 Å². The van der Waals surface area contributed by atoms with Crippen LogP contribution in [0.2, 0.25) is 0 Å². The lowest BCUT2D eigenvalue weighted by Crippen LogP contribution is -2.51. The van der Waals surface area contributed by atoms with E-state index >= 15 is 0 Å². The first kappa shape index (κ1) is 18.8. The number of carbonyl (C=O) groups is 1. The fourth-order valence-corrected chi connectivity index (χ4v) is 3.14. The zero-order chi connectivity index (χ0) is 19.2. The Morgan fingerprint density at radius 1 is 1.07 bits per heavy atom. The Morgan fingerprint density at radius 3 is 2.48 bits per heavy atom. The van der Waals surface area contributed by atoms with Gasteiger partial charge >= 0.3 is 6.03 Å². The molecule has 27 heavy (non-hydrogen) atoms. The van der Waals surface area contributed by atoms with Crippen molar-refractivity contribution >= 4 is 11.7 Å². The van der Waals surface area contributed by atoms with Crippen LogP contribution in [0.25, 0.3) is 0 Å². The van der Waals surface area contributed by atoms with Crippen molar-refractivity contribution in [3.8, 4) is 11.5 Å². The molecule has 2 aromatic rings. The summed E-state index contributed by atoms with van der Waals surface area (Å²) >= 11 is 0. The summed E-state index contributed by atoms with van der Waals surface area (Å²) in [5.41, 5.74) is 1.46. The molecular weight excluding hydrogens is 349 g/mol. The molecule has 144 valence electrons. The molecule has 2 amide bonds. The van der Waals surface area contributed by atoms with Crippen molar-refractivity contribution in [3.05, 3.63) is 53.8 Å². The van der Waals surface area contributed by atoms with Crippen LogP contribution in [0.15, 0.2) is 42.5 Å². The predicted octanol–water partition coefficient (Wildman–Crippen LogP) is 2.87. The standard InChI is InChI=1S/C20H24FN3O3/c1-26-16-8-7-15(19(13-16)27-2)14-22-20(25)24-11-9-23(10-12-24)18-6-4-3-5-17(18)21/h3-8,13H,9-12,14H2,1-2H3,(H,22,25). The van der Waals surface area contributed by atoms with Crippen LogP contribution in [0.1, 0.15) is 5.56 Å². The number of hydrogen-bond donors (Lipinski definition) is 1. The highest BCUT2D eigenvalue weighted by Crippen LogP contribution is 2.24. The summed E-state index contributed by atoms with van der Waals surface area (Å²) < 4.78 is 24.4. The molecule has 0 radical (unpaired) electrons. The fourth-order valence-electron chi connectivity index (χ4n) is 3.14. The third-order valence-electron chi connectivity index (χ3n) is 4.68. The molecule has 1 heterocycles. The first-order chi connectivity index (χ1) is 13.1. The average Bonchev–Trinajstić information content (AvgIpc) is 2.72. The number of methoxy groups -OCH3 is 2. The van der Waals surface area contributed by atoms with Crippen molar-refractivity contribution in [2.45, 2.75) is 6.54 Å². The molecule has 0 bridgehead atoms. The van der Waals surface area contributed by atoms with Crippen LogP contribution in [0.3, 0.4) is 0 Å². The summed E-state index contributed by atoms with van der Waals surface area (Å²) in [7, 11) is 3.18. The monoisotopic (exact) mass is 373 g/mol. The van der Waals surface area contributed by atoms with E-state index in [1.807, 2.05) is 23.1 Å². The number of amides is 2. The van der Waals surface area contributed by atoms with Gasteiger partial charge in [-0.3, -0.25) is 0 Å². The van der Waals surface area contributed by atoms with E-state index in [9.17, 15) is 9.18 Å². The van der Waals surface area contributed by atoms with Crippen LogP contribution in [-0.4, -0.2) is 51.3 Å². The lowest BCUT2D eigenvalue weighted by atomic mass is 10.2. The average molecular weight is 373 g/mol. The number of urea groups is 1. The Kier molecular flexibility index (Phi) is 6.01. The highest BCUT2D eigenvalue weighted by molar-refractivity contribution is 5.74. The summed E-state index contributed by atoms with van der Waals surface area (Å²) in [6.07, 6.45) is 0. The normalized spacial score (nSPS) is 14.0.